The molecule has 0 radical (unpaired) electrons. The van der Waals surface area contributed by atoms with E-state index in [1.165, 1.54) is 13.3 Å². The Morgan fingerprint density at radius 2 is 1.89 bits per heavy atom. The van der Waals surface area contributed by atoms with Gasteiger partial charge in [0.1, 0.15) is 11.8 Å². The van der Waals surface area contributed by atoms with Gasteiger partial charge in [-0.25, -0.2) is 4.98 Å². The van der Waals surface area contributed by atoms with Crippen LogP contribution < -0.4 is 4.74 Å². The Kier molecular flexibility index (Phi) is 4.28. The molecule has 1 N–H and O–H groups in total. The molecule has 0 aliphatic heterocycles. The Hall–Kier alpha value is -1.46. The van der Waals surface area contributed by atoms with Crippen LogP contribution in [0.3, 0.4) is 0 Å². The van der Waals surface area contributed by atoms with Crippen LogP contribution in [0, 0.1) is 0 Å². The largest absolute Gasteiger partial charge is 0.480 e. The Morgan fingerprint density at radius 3 is 2.56 bits per heavy atom. The molecule has 94 valence electrons. The molecule has 1 aromatic heterocycles. The molecule has 1 aromatic carbocycles. The van der Waals surface area contributed by atoms with Crippen molar-refractivity contribution >= 4 is 15.9 Å². The number of benzene rings is 1. The van der Waals surface area contributed by atoms with Gasteiger partial charge in [0.05, 0.1) is 7.11 Å². The summed E-state index contributed by atoms with van der Waals surface area (Å²) in [5.74, 6) is 0.363. The highest BCUT2D eigenvalue weighted by atomic mass is 79.9. The van der Waals surface area contributed by atoms with Crippen molar-refractivity contribution in [1.82, 2.24) is 9.97 Å². The predicted octanol–water partition coefficient (Wildman–Crippen LogP) is 2.52. The molecule has 2 aromatic rings. The first-order chi connectivity index (χ1) is 8.70. The Morgan fingerprint density at radius 1 is 1.22 bits per heavy atom. The van der Waals surface area contributed by atoms with E-state index in [0.29, 0.717) is 18.0 Å². The number of aliphatic hydroxyl groups is 1. The molecule has 1 atom stereocenters. The topological polar surface area (TPSA) is 55.2 Å². The molecular formula is C13H13BrN2O2. The molecule has 0 spiro atoms. The normalized spacial score (nSPS) is 12.2. The highest BCUT2D eigenvalue weighted by Gasteiger charge is 2.16. The molecule has 0 saturated carbocycles. The van der Waals surface area contributed by atoms with E-state index in [1.54, 1.807) is 6.20 Å². The van der Waals surface area contributed by atoms with Crippen LogP contribution in [0.25, 0.3) is 0 Å². The second-order valence-corrected chi connectivity index (χ2v) is 4.71. The average molecular weight is 309 g/mol. The number of aromatic nitrogens is 2. The smallest absolute Gasteiger partial charge is 0.238 e. The van der Waals surface area contributed by atoms with E-state index in [9.17, 15) is 5.11 Å². The Balaban J connectivity index is 2.16. The molecular weight excluding hydrogens is 296 g/mol. The molecule has 0 amide bonds. The molecule has 0 saturated heterocycles. The van der Waals surface area contributed by atoms with E-state index in [1.807, 2.05) is 24.3 Å². The summed E-state index contributed by atoms with van der Waals surface area (Å²) in [6.45, 7) is 0. The van der Waals surface area contributed by atoms with Crippen LogP contribution in [0.2, 0.25) is 0 Å². The molecule has 0 bridgehead atoms. The lowest BCUT2D eigenvalue weighted by Gasteiger charge is -2.12. The second-order valence-electron chi connectivity index (χ2n) is 3.80. The first-order valence-electron chi connectivity index (χ1n) is 5.48. The predicted molar refractivity (Wildman–Crippen MR) is 71.4 cm³/mol. The summed E-state index contributed by atoms with van der Waals surface area (Å²) in [7, 11) is 1.51. The lowest BCUT2D eigenvalue weighted by atomic mass is 10.1. The van der Waals surface area contributed by atoms with Crippen LogP contribution in [0.1, 0.15) is 17.4 Å². The summed E-state index contributed by atoms with van der Waals surface area (Å²) in [5.41, 5.74) is 1.49. The number of methoxy groups -OCH3 is 1. The van der Waals surface area contributed by atoms with Crippen LogP contribution in [0.4, 0.5) is 0 Å². The molecule has 0 aliphatic rings. The zero-order valence-electron chi connectivity index (χ0n) is 9.88. The SMILES string of the molecule is COc1nccnc1C(O)Cc1ccc(Br)cc1. The number of hydrogen-bond donors (Lipinski definition) is 1. The summed E-state index contributed by atoms with van der Waals surface area (Å²) in [6.07, 6.45) is 2.83. The lowest BCUT2D eigenvalue weighted by Crippen LogP contribution is -2.07. The van der Waals surface area contributed by atoms with Crippen molar-refractivity contribution in [1.29, 1.82) is 0 Å². The average Bonchev–Trinajstić information content (AvgIpc) is 2.41. The maximum atomic E-state index is 10.2. The zero-order chi connectivity index (χ0) is 13.0. The molecule has 0 fully saturated rings. The van der Waals surface area contributed by atoms with Gasteiger partial charge >= 0.3 is 0 Å². The Labute approximate surface area is 114 Å². The van der Waals surface area contributed by atoms with E-state index in [2.05, 4.69) is 25.9 Å². The fourth-order valence-electron chi connectivity index (χ4n) is 1.66. The summed E-state index contributed by atoms with van der Waals surface area (Å²) in [4.78, 5) is 8.14. The van der Waals surface area contributed by atoms with E-state index >= 15 is 0 Å². The molecule has 1 unspecified atom stereocenters. The maximum Gasteiger partial charge on any atom is 0.238 e. The van der Waals surface area contributed by atoms with Gasteiger partial charge in [-0.1, -0.05) is 28.1 Å². The number of halogens is 1. The van der Waals surface area contributed by atoms with Crippen molar-refractivity contribution in [3.63, 3.8) is 0 Å². The second kappa shape index (κ2) is 5.93. The molecule has 1 heterocycles. The molecule has 18 heavy (non-hydrogen) atoms. The summed E-state index contributed by atoms with van der Waals surface area (Å²) < 4.78 is 6.09. The first kappa shape index (κ1) is 13.0. The van der Waals surface area contributed by atoms with Gasteiger partial charge in [-0.15, -0.1) is 0 Å². The van der Waals surface area contributed by atoms with Crippen molar-refractivity contribution in [2.24, 2.45) is 0 Å². The summed E-state index contributed by atoms with van der Waals surface area (Å²) in [6, 6.07) is 7.79. The number of rotatable bonds is 4. The van der Waals surface area contributed by atoms with Crippen LogP contribution in [0.5, 0.6) is 5.88 Å². The van der Waals surface area contributed by atoms with Gasteiger partial charge in [-0.3, -0.25) is 4.98 Å². The fraction of sp³-hybridized carbons (Fsp3) is 0.231. The van der Waals surface area contributed by atoms with Crippen molar-refractivity contribution < 1.29 is 9.84 Å². The fourth-order valence-corrected chi connectivity index (χ4v) is 1.93. The van der Waals surface area contributed by atoms with Crippen LogP contribution >= 0.6 is 15.9 Å². The highest BCUT2D eigenvalue weighted by Crippen LogP contribution is 2.23. The minimum Gasteiger partial charge on any atom is -0.480 e. The van der Waals surface area contributed by atoms with Crippen LogP contribution in [-0.2, 0) is 6.42 Å². The van der Waals surface area contributed by atoms with Gasteiger partial charge < -0.3 is 9.84 Å². The quantitative estimate of drug-likeness (QED) is 0.943. The van der Waals surface area contributed by atoms with Crippen LogP contribution in [-0.4, -0.2) is 22.2 Å². The van der Waals surface area contributed by atoms with Crippen molar-refractivity contribution in [2.75, 3.05) is 7.11 Å². The van der Waals surface area contributed by atoms with Gasteiger partial charge in [0.15, 0.2) is 0 Å². The highest BCUT2D eigenvalue weighted by molar-refractivity contribution is 9.10. The van der Waals surface area contributed by atoms with Gasteiger partial charge in [0.25, 0.3) is 0 Å². The summed E-state index contributed by atoms with van der Waals surface area (Å²) >= 11 is 3.37. The number of aliphatic hydroxyl groups excluding tert-OH is 1. The number of ether oxygens (including phenoxy) is 1. The summed E-state index contributed by atoms with van der Waals surface area (Å²) in [5, 5.41) is 10.2. The Bertz CT molecular complexity index is 517. The van der Waals surface area contributed by atoms with E-state index in [-0.39, 0.29) is 0 Å². The number of nitrogens with zero attached hydrogens (tertiary/aromatic N) is 2. The zero-order valence-corrected chi connectivity index (χ0v) is 11.5. The third kappa shape index (κ3) is 3.05. The van der Waals surface area contributed by atoms with Crippen LogP contribution in [0.15, 0.2) is 41.1 Å². The maximum absolute atomic E-state index is 10.2. The number of hydrogen-bond acceptors (Lipinski definition) is 4. The molecule has 4 nitrogen and oxygen atoms in total. The molecule has 0 aliphatic carbocycles. The van der Waals surface area contributed by atoms with Gasteiger partial charge in [0, 0.05) is 23.3 Å². The molecule has 2 rings (SSSR count). The van der Waals surface area contributed by atoms with E-state index in [4.69, 9.17) is 4.74 Å². The lowest BCUT2D eigenvalue weighted by molar-refractivity contribution is 0.167. The van der Waals surface area contributed by atoms with E-state index < -0.39 is 6.10 Å². The minimum absolute atomic E-state index is 0.363. The van der Waals surface area contributed by atoms with Crippen molar-refractivity contribution in [3.05, 3.63) is 52.4 Å². The standard InChI is InChI=1S/C13H13BrN2O2/c1-18-13-12(15-6-7-16-13)11(17)8-9-2-4-10(14)5-3-9/h2-7,11,17H,8H2,1H3. The third-order valence-corrected chi connectivity index (χ3v) is 3.07. The third-order valence-electron chi connectivity index (χ3n) is 2.54. The van der Waals surface area contributed by atoms with Crippen molar-refractivity contribution in [3.8, 4) is 5.88 Å². The monoisotopic (exact) mass is 308 g/mol. The van der Waals surface area contributed by atoms with Gasteiger partial charge in [-0.05, 0) is 17.7 Å². The van der Waals surface area contributed by atoms with Crippen molar-refractivity contribution in [2.45, 2.75) is 12.5 Å². The minimum atomic E-state index is -0.727. The van der Waals surface area contributed by atoms with Gasteiger partial charge in [-0.2, -0.15) is 0 Å². The van der Waals surface area contributed by atoms with E-state index in [0.717, 1.165) is 10.0 Å². The molecule has 5 heteroatoms. The first-order valence-corrected chi connectivity index (χ1v) is 6.27. The van der Waals surface area contributed by atoms with Gasteiger partial charge in [0.2, 0.25) is 5.88 Å².